The number of morpholine rings is 1. The molecule has 1 heterocycles. The molecule has 3 rings (SSSR count). The van der Waals surface area contributed by atoms with Crippen LogP contribution in [0.5, 0.6) is 5.75 Å². The molecule has 2 aromatic carbocycles. The van der Waals surface area contributed by atoms with Gasteiger partial charge in [-0.25, -0.2) is 14.2 Å². The van der Waals surface area contributed by atoms with Crippen LogP contribution in [0, 0.1) is 11.6 Å². The number of anilines is 1. The lowest BCUT2D eigenvalue weighted by Crippen LogP contribution is -2.36. The number of amides is 1. The first kappa shape index (κ1) is 19.8. The predicted molar refractivity (Wildman–Crippen MR) is 102 cm³/mol. The monoisotopic (exact) mass is 389 g/mol. The van der Waals surface area contributed by atoms with E-state index < -0.39 is 11.7 Å². The van der Waals surface area contributed by atoms with Crippen molar-refractivity contribution in [3.8, 4) is 5.75 Å². The summed E-state index contributed by atoms with van der Waals surface area (Å²) in [6.07, 6.45) is 0. The SMILES string of the molecule is C/C(=N/NC(=O)COc1cccc(F)c1)c1ccc(N2CCOCC2)c(F)c1. The lowest BCUT2D eigenvalue weighted by molar-refractivity contribution is -0.123. The highest BCUT2D eigenvalue weighted by Crippen LogP contribution is 2.22. The Labute approximate surface area is 161 Å². The largest absolute Gasteiger partial charge is 0.484 e. The fraction of sp³-hybridized carbons (Fsp3) is 0.300. The van der Waals surface area contributed by atoms with Gasteiger partial charge in [-0.15, -0.1) is 0 Å². The van der Waals surface area contributed by atoms with Gasteiger partial charge in [-0.1, -0.05) is 12.1 Å². The molecule has 1 fully saturated rings. The highest BCUT2D eigenvalue weighted by Gasteiger charge is 2.15. The molecular formula is C20H21F2N3O3. The zero-order valence-corrected chi connectivity index (χ0v) is 15.5. The summed E-state index contributed by atoms with van der Waals surface area (Å²) in [5.41, 5.74) is 3.87. The molecule has 0 aliphatic carbocycles. The Morgan fingerprint density at radius 2 is 2.00 bits per heavy atom. The number of carbonyl (C=O) groups excluding carboxylic acids is 1. The number of carbonyl (C=O) groups is 1. The van der Waals surface area contributed by atoms with Gasteiger partial charge in [-0.05, 0) is 31.2 Å². The average molecular weight is 389 g/mol. The molecule has 2 aromatic rings. The molecule has 1 N–H and O–H groups in total. The van der Waals surface area contributed by atoms with Crippen LogP contribution in [0.15, 0.2) is 47.6 Å². The summed E-state index contributed by atoms with van der Waals surface area (Å²) in [4.78, 5) is 13.8. The molecule has 1 aliphatic heterocycles. The predicted octanol–water partition coefficient (Wildman–Crippen LogP) is 2.72. The first-order chi connectivity index (χ1) is 13.5. The number of nitrogens with zero attached hydrogens (tertiary/aromatic N) is 2. The molecule has 0 spiro atoms. The Morgan fingerprint density at radius 3 is 2.71 bits per heavy atom. The minimum Gasteiger partial charge on any atom is -0.484 e. The quantitative estimate of drug-likeness (QED) is 0.610. The molecule has 0 bridgehead atoms. The fourth-order valence-corrected chi connectivity index (χ4v) is 2.74. The van der Waals surface area contributed by atoms with E-state index in [0.717, 1.165) is 0 Å². The molecule has 0 atom stereocenters. The van der Waals surface area contributed by atoms with Crippen LogP contribution in [0.25, 0.3) is 0 Å². The van der Waals surface area contributed by atoms with Crippen LogP contribution in [-0.4, -0.2) is 44.5 Å². The smallest absolute Gasteiger partial charge is 0.277 e. The molecule has 8 heteroatoms. The highest BCUT2D eigenvalue weighted by molar-refractivity contribution is 5.99. The Hall–Kier alpha value is -3.00. The van der Waals surface area contributed by atoms with Crippen molar-refractivity contribution in [3.05, 3.63) is 59.7 Å². The topological polar surface area (TPSA) is 63.2 Å². The van der Waals surface area contributed by atoms with Crippen LogP contribution in [0.4, 0.5) is 14.5 Å². The number of hydrogen-bond donors (Lipinski definition) is 1. The van der Waals surface area contributed by atoms with Crippen molar-refractivity contribution >= 4 is 17.3 Å². The van der Waals surface area contributed by atoms with E-state index in [-0.39, 0.29) is 18.2 Å². The van der Waals surface area contributed by atoms with Crippen LogP contribution in [0.1, 0.15) is 12.5 Å². The van der Waals surface area contributed by atoms with Crippen molar-refractivity contribution in [1.29, 1.82) is 0 Å². The minimum absolute atomic E-state index is 0.247. The Balaban J connectivity index is 1.56. The third kappa shape index (κ3) is 5.26. The second kappa shape index (κ2) is 9.27. The van der Waals surface area contributed by atoms with E-state index in [1.165, 1.54) is 24.3 Å². The number of hydrazone groups is 1. The maximum Gasteiger partial charge on any atom is 0.277 e. The second-order valence-electron chi connectivity index (χ2n) is 6.24. The van der Waals surface area contributed by atoms with Gasteiger partial charge < -0.3 is 14.4 Å². The summed E-state index contributed by atoms with van der Waals surface area (Å²) >= 11 is 0. The molecule has 1 amide bonds. The van der Waals surface area contributed by atoms with Crippen molar-refractivity contribution < 1.29 is 23.0 Å². The number of rotatable bonds is 6. The van der Waals surface area contributed by atoms with Gasteiger partial charge in [0, 0.05) is 24.7 Å². The molecule has 0 saturated carbocycles. The molecule has 148 valence electrons. The molecule has 28 heavy (non-hydrogen) atoms. The molecular weight excluding hydrogens is 368 g/mol. The van der Waals surface area contributed by atoms with E-state index in [9.17, 15) is 13.6 Å². The van der Waals surface area contributed by atoms with Crippen LogP contribution in [0.3, 0.4) is 0 Å². The van der Waals surface area contributed by atoms with E-state index in [1.54, 1.807) is 25.1 Å². The van der Waals surface area contributed by atoms with Crippen molar-refractivity contribution in [3.63, 3.8) is 0 Å². The van der Waals surface area contributed by atoms with E-state index in [1.807, 2.05) is 4.90 Å². The van der Waals surface area contributed by atoms with E-state index in [0.29, 0.717) is 43.3 Å². The lowest BCUT2D eigenvalue weighted by atomic mass is 10.1. The summed E-state index contributed by atoms with van der Waals surface area (Å²) < 4.78 is 38.0. The third-order valence-corrected chi connectivity index (χ3v) is 4.23. The minimum atomic E-state index is -0.506. The van der Waals surface area contributed by atoms with E-state index in [4.69, 9.17) is 9.47 Å². The standard InChI is InChI=1S/C20H21F2N3O3/c1-14(23-24-20(26)13-28-17-4-2-3-16(21)12-17)15-5-6-19(18(22)11-15)25-7-9-27-10-8-25/h2-6,11-12H,7-10,13H2,1H3,(H,24,26)/b23-14-. The summed E-state index contributed by atoms with van der Waals surface area (Å²) in [6, 6.07) is 10.3. The number of benzene rings is 2. The Morgan fingerprint density at radius 1 is 1.21 bits per heavy atom. The fourth-order valence-electron chi connectivity index (χ4n) is 2.74. The first-order valence-electron chi connectivity index (χ1n) is 8.87. The lowest BCUT2D eigenvalue weighted by Gasteiger charge is -2.29. The second-order valence-corrected chi connectivity index (χ2v) is 6.24. The van der Waals surface area contributed by atoms with Gasteiger partial charge >= 0.3 is 0 Å². The molecule has 0 radical (unpaired) electrons. The van der Waals surface area contributed by atoms with Crippen LogP contribution >= 0.6 is 0 Å². The number of ether oxygens (including phenoxy) is 2. The highest BCUT2D eigenvalue weighted by atomic mass is 19.1. The van der Waals surface area contributed by atoms with Gasteiger partial charge in [-0.2, -0.15) is 5.10 Å². The zero-order valence-electron chi connectivity index (χ0n) is 15.5. The van der Waals surface area contributed by atoms with Gasteiger partial charge in [0.05, 0.1) is 24.6 Å². The summed E-state index contributed by atoms with van der Waals surface area (Å²) in [5, 5.41) is 3.97. The zero-order chi connectivity index (χ0) is 19.9. The van der Waals surface area contributed by atoms with Gasteiger partial charge in [0.2, 0.25) is 0 Å². The number of hydrogen-bond acceptors (Lipinski definition) is 5. The van der Waals surface area contributed by atoms with E-state index >= 15 is 0 Å². The number of nitrogens with one attached hydrogen (secondary N) is 1. The number of halogens is 2. The maximum atomic E-state index is 14.5. The Kier molecular flexibility index (Phi) is 6.54. The maximum absolute atomic E-state index is 14.5. The van der Waals surface area contributed by atoms with Crippen molar-refractivity contribution in [1.82, 2.24) is 5.43 Å². The normalized spacial score (nSPS) is 14.7. The van der Waals surface area contributed by atoms with Crippen LogP contribution < -0.4 is 15.1 Å². The Bertz CT molecular complexity index is 868. The molecule has 1 aliphatic rings. The first-order valence-corrected chi connectivity index (χ1v) is 8.87. The summed E-state index contributed by atoms with van der Waals surface area (Å²) in [6.45, 7) is 3.79. The van der Waals surface area contributed by atoms with Crippen molar-refractivity contribution in [2.45, 2.75) is 6.92 Å². The molecule has 0 aromatic heterocycles. The summed E-state index contributed by atoms with van der Waals surface area (Å²) in [5.74, 6) is -1.06. The van der Waals surface area contributed by atoms with Gasteiger partial charge in [0.25, 0.3) is 5.91 Å². The van der Waals surface area contributed by atoms with Gasteiger partial charge in [-0.3, -0.25) is 4.79 Å². The van der Waals surface area contributed by atoms with Crippen molar-refractivity contribution in [2.24, 2.45) is 5.10 Å². The van der Waals surface area contributed by atoms with Gasteiger partial charge in [0.15, 0.2) is 6.61 Å². The van der Waals surface area contributed by atoms with Crippen LogP contribution in [0.2, 0.25) is 0 Å². The van der Waals surface area contributed by atoms with E-state index in [2.05, 4.69) is 10.5 Å². The molecule has 0 unspecified atom stereocenters. The van der Waals surface area contributed by atoms with Crippen LogP contribution in [-0.2, 0) is 9.53 Å². The molecule has 1 saturated heterocycles. The average Bonchev–Trinajstić information content (AvgIpc) is 2.71. The van der Waals surface area contributed by atoms with Crippen molar-refractivity contribution in [2.75, 3.05) is 37.8 Å². The summed E-state index contributed by atoms with van der Waals surface area (Å²) in [7, 11) is 0. The third-order valence-electron chi connectivity index (χ3n) is 4.23. The molecule has 6 nitrogen and oxygen atoms in total. The van der Waals surface area contributed by atoms with Gasteiger partial charge in [0.1, 0.15) is 17.4 Å².